The van der Waals surface area contributed by atoms with Crippen molar-refractivity contribution in [2.45, 2.75) is 24.6 Å². The van der Waals surface area contributed by atoms with Crippen LogP contribution >= 0.6 is 27.7 Å². The summed E-state index contributed by atoms with van der Waals surface area (Å²) in [4.78, 5) is 0.729. The molecule has 0 radical (unpaired) electrons. The van der Waals surface area contributed by atoms with E-state index in [1.54, 1.807) is 0 Å². The molecule has 0 N–H and O–H groups in total. The van der Waals surface area contributed by atoms with Gasteiger partial charge < -0.3 is 4.74 Å². The van der Waals surface area contributed by atoms with E-state index in [9.17, 15) is 0 Å². The van der Waals surface area contributed by atoms with E-state index in [-0.39, 0.29) is 0 Å². The normalized spacial score (nSPS) is 29.5. The number of thioether (sulfide) groups is 1. The van der Waals surface area contributed by atoms with Crippen LogP contribution in [0.15, 0.2) is 0 Å². The van der Waals surface area contributed by atoms with Gasteiger partial charge in [0.25, 0.3) is 0 Å². The maximum Gasteiger partial charge on any atom is 0.0469 e. The van der Waals surface area contributed by atoms with Crippen molar-refractivity contribution < 1.29 is 4.74 Å². The van der Waals surface area contributed by atoms with E-state index < -0.39 is 0 Å². The third-order valence-corrected chi connectivity index (χ3v) is 4.86. The van der Waals surface area contributed by atoms with Crippen LogP contribution in [0.2, 0.25) is 0 Å². The summed E-state index contributed by atoms with van der Waals surface area (Å²) in [6.07, 6.45) is 2.36. The molecular weight excluding hydrogens is 236 g/mol. The summed E-state index contributed by atoms with van der Waals surface area (Å²) in [6, 6.07) is 0. The lowest BCUT2D eigenvalue weighted by molar-refractivity contribution is 0.124. The van der Waals surface area contributed by atoms with Crippen LogP contribution in [0.3, 0.4) is 0 Å². The van der Waals surface area contributed by atoms with Crippen molar-refractivity contribution >= 4 is 27.7 Å². The second-order valence-electron chi connectivity index (χ2n) is 3.21. The van der Waals surface area contributed by atoms with Crippen LogP contribution in [0.4, 0.5) is 0 Å². The Morgan fingerprint density at radius 2 is 2.25 bits per heavy atom. The van der Waals surface area contributed by atoms with Crippen molar-refractivity contribution in [3.63, 3.8) is 0 Å². The lowest BCUT2D eigenvalue weighted by atomic mass is 10.1. The van der Waals surface area contributed by atoms with Gasteiger partial charge in [-0.2, -0.15) is 11.8 Å². The molecule has 3 heteroatoms. The first-order valence-electron chi connectivity index (χ1n) is 4.64. The molecule has 72 valence electrons. The van der Waals surface area contributed by atoms with Crippen LogP contribution in [-0.2, 0) is 4.74 Å². The average Bonchev–Trinajstić information content (AvgIpc) is 2.46. The smallest absolute Gasteiger partial charge is 0.0469 e. The molecule has 1 fully saturated rings. The van der Waals surface area contributed by atoms with Gasteiger partial charge in [0.05, 0.1) is 0 Å². The van der Waals surface area contributed by atoms with Gasteiger partial charge in [0.15, 0.2) is 0 Å². The van der Waals surface area contributed by atoms with Crippen LogP contribution in [0, 0.1) is 5.92 Å². The van der Waals surface area contributed by atoms with Gasteiger partial charge in [0, 0.05) is 23.8 Å². The van der Waals surface area contributed by atoms with Gasteiger partial charge in [-0.05, 0) is 24.5 Å². The zero-order valence-corrected chi connectivity index (χ0v) is 9.99. The van der Waals surface area contributed by atoms with E-state index in [2.05, 4.69) is 34.6 Å². The minimum atomic E-state index is 0.729. The fourth-order valence-corrected chi connectivity index (χ4v) is 3.91. The van der Waals surface area contributed by atoms with Gasteiger partial charge in [-0.1, -0.05) is 22.9 Å². The van der Waals surface area contributed by atoms with Gasteiger partial charge in [-0.25, -0.2) is 0 Å². The van der Waals surface area contributed by atoms with E-state index >= 15 is 0 Å². The fraction of sp³-hybridized carbons (Fsp3) is 1.00. The van der Waals surface area contributed by atoms with E-state index in [0.717, 1.165) is 30.4 Å². The molecular formula is C9H17BrOS. The summed E-state index contributed by atoms with van der Waals surface area (Å²) in [6.45, 7) is 4.02. The summed E-state index contributed by atoms with van der Waals surface area (Å²) < 4.78 is 5.46. The number of hydrogen-bond donors (Lipinski definition) is 0. The fourth-order valence-electron chi connectivity index (χ4n) is 1.32. The molecule has 1 aliphatic heterocycles. The third-order valence-electron chi connectivity index (χ3n) is 2.10. The lowest BCUT2D eigenvalue weighted by Gasteiger charge is -2.12. The Morgan fingerprint density at radius 1 is 1.42 bits per heavy atom. The molecule has 2 atom stereocenters. The molecule has 0 aromatic rings. The summed E-state index contributed by atoms with van der Waals surface area (Å²) >= 11 is 5.75. The Labute approximate surface area is 87.8 Å². The summed E-state index contributed by atoms with van der Waals surface area (Å²) in [5.41, 5.74) is 0. The predicted octanol–water partition coefficient (Wildman–Crippen LogP) is 2.93. The van der Waals surface area contributed by atoms with Gasteiger partial charge >= 0.3 is 0 Å². The van der Waals surface area contributed by atoms with Gasteiger partial charge in [-0.15, -0.1) is 0 Å². The highest BCUT2D eigenvalue weighted by Gasteiger charge is 2.24. The Hall–Kier alpha value is 0.790. The summed E-state index contributed by atoms with van der Waals surface area (Å²) in [5.74, 6) is 3.43. The van der Waals surface area contributed by atoms with Crippen molar-refractivity contribution in [2.24, 2.45) is 5.92 Å². The second-order valence-corrected chi connectivity index (χ2v) is 5.47. The largest absolute Gasteiger partial charge is 0.381 e. The predicted molar refractivity (Wildman–Crippen MR) is 59.3 cm³/mol. The summed E-state index contributed by atoms with van der Waals surface area (Å²) in [7, 11) is 0. The first kappa shape index (κ1) is 10.9. The van der Waals surface area contributed by atoms with Crippen LogP contribution in [-0.4, -0.2) is 29.5 Å². The molecule has 1 heterocycles. The molecule has 0 amide bonds. The zero-order valence-electron chi connectivity index (χ0n) is 7.59. The SMILES string of the molecule is CCCOCCC1CSCC1Br. The number of hydrogen-bond acceptors (Lipinski definition) is 2. The number of ether oxygens (including phenoxy) is 1. The first-order chi connectivity index (χ1) is 5.84. The quantitative estimate of drug-likeness (QED) is 0.550. The number of rotatable bonds is 5. The molecule has 1 aliphatic rings. The van der Waals surface area contributed by atoms with Crippen molar-refractivity contribution in [3.05, 3.63) is 0 Å². The molecule has 12 heavy (non-hydrogen) atoms. The Kier molecular flexibility index (Phi) is 5.68. The Bertz CT molecular complexity index is 121. The molecule has 0 aliphatic carbocycles. The number of halogens is 1. The molecule has 1 saturated heterocycles. The zero-order chi connectivity index (χ0) is 8.81. The van der Waals surface area contributed by atoms with Crippen molar-refractivity contribution in [1.82, 2.24) is 0 Å². The molecule has 0 spiro atoms. The van der Waals surface area contributed by atoms with E-state index in [1.165, 1.54) is 17.9 Å². The highest BCUT2D eigenvalue weighted by Crippen LogP contribution is 2.31. The molecule has 0 bridgehead atoms. The Balaban J connectivity index is 1.98. The van der Waals surface area contributed by atoms with Crippen molar-refractivity contribution in [1.29, 1.82) is 0 Å². The van der Waals surface area contributed by atoms with E-state index in [1.807, 2.05) is 0 Å². The first-order valence-corrected chi connectivity index (χ1v) is 6.71. The van der Waals surface area contributed by atoms with Crippen LogP contribution < -0.4 is 0 Å². The molecule has 0 aromatic heterocycles. The van der Waals surface area contributed by atoms with E-state index in [0.29, 0.717) is 0 Å². The van der Waals surface area contributed by atoms with Crippen LogP contribution in [0.1, 0.15) is 19.8 Å². The topological polar surface area (TPSA) is 9.23 Å². The standard InChI is InChI=1S/C9H17BrOS/c1-2-4-11-5-3-8-6-12-7-9(8)10/h8-9H,2-7H2,1H3. The Morgan fingerprint density at radius 3 is 2.83 bits per heavy atom. The van der Waals surface area contributed by atoms with Crippen LogP contribution in [0.25, 0.3) is 0 Å². The van der Waals surface area contributed by atoms with Gasteiger partial charge in [0.2, 0.25) is 0 Å². The molecule has 0 aromatic carbocycles. The molecule has 1 rings (SSSR count). The van der Waals surface area contributed by atoms with E-state index in [4.69, 9.17) is 4.74 Å². The summed E-state index contributed by atoms with van der Waals surface area (Å²) in [5, 5.41) is 0. The van der Waals surface area contributed by atoms with Crippen molar-refractivity contribution in [3.8, 4) is 0 Å². The molecule has 2 unspecified atom stereocenters. The van der Waals surface area contributed by atoms with Crippen LogP contribution in [0.5, 0.6) is 0 Å². The average molecular weight is 253 g/mol. The maximum absolute atomic E-state index is 5.46. The lowest BCUT2D eigenvalue weighted by Crippen LogP contribution is -2.14. The van der Waals surface area contributed by atoms with Gasteiger partial charge in [-0.3, -0.25) is 0 Å². The van der Waals surface area contributed by atoms with Gasteiger partial charge in [0.1, 0.15) is 0 Å². The third kappa shape index (κ3) is 3.67. The number of alkyl halides is 1. The molecule has 0 saturated carbocycles. The minimum Gasteiger partial charge on any atom is -0.381 e. The monoisotopic (exact) mass is 252 g/mol. The second kappa shape index (κ2) is 6.28. The highest BCUT2D eigenvalue weighted by molar-refractivity contribution is 9.09. The maximum atomic E-state index is 5.46. The highest BCUT2D eigenvalue weighted by atomic mass is 79.9. The minimum absolute atomic E-state index is 0.729. The molecule has 1 nitrogen and oxygen atoms in total. The van der Waals surface area contributed by atoms with Crippen molar-refractivity contribution in [2.75, 3.05) is 24.7 Å².